The summed E-state index contributed by atoms with van der Waals surface area (Å²) in [6, 6.07) is 17.5. The Hall–Kier alpha value is -2.59. The first-order valence-electron chi connectivity index (χ1n) is 12.6. The number of rotatable bonds is 10. The van der Waals surface area contributed by atoms with Gasteiger partial charge in [0.2, 0.25) is 0 Å². The minimum Gasteiger partial charge on any atom is -0.391 e. The van der Waals surface area contributed by atoms with Crippen LogP contribution in [0, 0.1) is 0 Å². The molecule has 5 rings (SSSR count). The summed E-state index contributed by atoms with van der Waals surface area (Å²) in [6.45, 7) is 5.87. The monoisotopic (exact) mass is 538 g/mol. The third-order valence-electron chi connectivity index (χ3n) is 6.64. The van der Waals surface area contributed by atoms with Gasteiger partial charge in [-0.3, -0.25) is 14.6 Å². The molecule has 0 aliphatic carbocycles. The Bertz CT molecular complexity index is 1350. The smallest absolute Gasteiger partial charge is 0.260 e. The molecule has 1 atom stereocenters. The largest absolute Gasteiger partial charge is 0.391 e. The van der Waals surface area contributed by atoms with Crippen molar-refractivity contribution in [1.82, 2.24) is 19.8 Å². The lowest BCUT2D eigenvalue weighted by Gasteiger charge is -2.30. The van der Waals surface area contributed by atoms with Gasteiger partial charge in [0.15, 0.2) is 0 Å². The Morgan fingerprint density at radius 3 is 2.65 bits per heavy atom. The topological polar surface area (TPSA) is 81.7 Å². The SMILES string of the molecule is O=c1[nH]c(CN(CCN2CCOCC2)CC(O)Cc2ccccc2)nc2scc(-c3ccc(Cl)cc3)c12. The molecule has 0 bridgehead atoms. The Balaban J connectivity index is 1.34. The van der Waals surface area contributed by atoms with Gasteiger partial charge in [-0.2, -0.15) is 0 Å². The van der Waals surface area contributed by atoms with E-state index in [1.54, 1.807) is 0 Å². The van der Waals surface area contributed by atoms with Crippen molar-refractivity contribution >= 4 is 33.2 Å². The third-order valence-corrected chi connectivity index (χ3v) is 7.77. The number of fused-ring (bicyclic) bond motifs is 1. The number of aromatic amines is 1. The van der Waals surface area contributed by atoms with Crippen LogP contribution in [0.5, 0.6) is 0 Å². The fourth-order valence-corrected chi connectivity index (χ4v) is 5.81. The number of hydrogen-bond donors (Lipinski definition) is 2. The van der Waals surface area contributed by atoms with Crippen molar-refractivity contribution in [1.29, 1.82) is 0 Å². The molecule has 0 spiro atoms. The van der Waals surface area contributed by atoms with E-state index in [1.807, 2.05) is 60.0 Å². The van der Waals surface area contributed by atoms with Crippen molar-refractivity contribution in [2.75, 3.05) is 45.9 Å². The fourth-order valence-electron chi connectivity index (χ4n) is 4.71. The summed E-state index contributed by atoms with van der Waals surface area (Å²) < 4.78 is 5.48. The summed E-state index contributed by atoms with van der Waals surface area (Å²) in [5.74, 6) is 0.607. The standard InChI is InChI=1S/C28H31ClN4O3S/c29-22-8-6-21(7-9-22)24-19-37-28-26(24)27(35)30-25(31-28)18-33(11-10-32-12-14-36-15-13-32)17-23(34)16-20-4-2-1-3-5-20/h1-9,19,23,34H,10-18H2,(H,30,31,35). The first-order valence-corrected chi connectivity index (χ1v) is 13.8. The van der Waals surface area contributed by atoms with Crippen LogP contribution < -0.4 is 5.56 Å². The van der Waals surface area contributed by atoms with E-state index in [4.69, 9.17) is 21.3 Å². The van der Waals surface area contributed by atoms with E-state index in [-0.39, 0.29) is 5.56 Å². The molecule has 1 saturated heterocycles. The van der Waals surface area contributed by atoms with Gasteiger partial charge in [-0.15, -0.1) is 11.3 Å². The maximum Gasteiger partial charge on any atom is 0.260 e. The number of H-pyrrole nitrogens is 1. The van der Waals surface area contributed by atoms with Crippen LogP contribution in [0.15, 0.2) is 64.8 Å². The number of halogens is 1. The second kappa shape index (κ2) is 12.3. The molecule has 2 N–H and O–H groups in total. The van der Waals surface area contributed by atoms with Crippen LogP contribution in [-0.2, 0) is 17.7 Å². The Morgan fingerprint density at radius 2 is 1.89 bits per heavy atom. The molecule has 9 heteroatoms. The highest BCUT2D eigenvalue weighted by atomic mass is 35.5. The van der Waals surface area contributed by atoms with Crippen molar-refractivity contribution in [2.45, 2.75) is 19.1 Å². The molecule has 194 valence electrons. The number of nitrogens with zero attached hydrogens (tertiary/aromatic N) is 3. The van der Waals surface area contributed by atoms with Crippen LogP contribution >= 0.6 is 22.9 Å². The predicted molar refractivity (Wildman–Crippen MR) is 149 cm³/mol. The lowest BCUT2D eigenvalue weighted by Crippen LogP contribution is -2.43. The van der Waals surface area contributed by atoms with E-state index in [0.29, 0.717) is 40.6 Å². The minimum absolute atomic E-state index is 0.149. The molecule has 0 saturated carbocycles. The number of nitrogens with one attached hydrogen (secondary N) is 1. The number of aliphatic hydroxyl groups excluding tert-OH is 1. The molecule has 7 nitrogen and oxygen atoms in total. The molecule has 37 heavy (non-hydrogen) atoms. The maximum absolute atomic E-state index is 13.2. The molecule has 1 aliphatic rings. The van der Waals surface area contributed by atoms with Gasteiger partial charge < -0.3 is 14.8 Å². The van der Waals surface area contributed by atoms with Crippen LogP contribution in [0.2, 0.25) is 5.02 Å². The zero-order valence-corrected chi connectivity index (χ0v) is 22.2. The zero-order chi connectivity index (χ0) is 25.6. The van der Waals surface area contributed by atoms with E-state index in [1.165, 1.54) is 11.3 Å². The van der Waals surface area contributed by atoms with Crippen LogP contribution in [-0.4, -0.2) is 76.9 Å². The molecular formula is C28H31ClN4O3S. The summed E-state index contributed by atoms with van der Waals surface area (Å²) in [5.41, 5.74) is 2.75. The molecule has 1 aliphatic heterocycles. The molecular weight excluding hydrogens is 508 g/mol. The summed E-state index contributed by atoms with van der Waals surface area (Å²) in [5, 5.41) is 14.1. The Labute approximate surface area is 225 Å². The Kier molecular flexibility index (Phi) is 8.66. The van der Waals surface area contributed by atoms with Gasteiger partial charge >= 0.3 is 0 Å². The average Bonchev–Trinajstić information content (AvgIpc) is 3.33. The van der Waals surface area contributed by atoms with Crippen LogP contribution in [0.3, 0.4) is 0 Å². The number of ether oxygens (including phenoxy) is 1. The van der Waals surface area contributed by atoms with Crippen LogP contribution in [0.1, 0.15) is 11.4 Å². The molecule has 3 heterocycles. The second-order valence-electron chi connectivity index (χ2n) is 9.38. The Morgan fingerprint density at radius 1 is 1.14 bits per heavy atom. The van der Waals surface area contributed by atoms with Crippen molar-refractivity contribution in [3.8, 4) is 11.1 Å². The number of aromatic nitrogens is 2. The van der Waals surface area contributed by atoms with Crippen LogP contribution in [0.25, 0.3) is 21.3 Å². The van der Waals surface area contributed by atoms with Crippen molar-refractivity contribution in [3.63, 3.8) is 0 Å². The number of hydrogen-bond acceptors (Lipinski definition) is 7. The molecule has 2 aromatic heterocycles. The fraction of sp³-hybridized carbons (Fsp3) is 0.357. The molecule has 1 fully saturated rings. The van der Waals surface area contributed by atoms with Crippen LogP contribution in [0.4, 0.5) is 0 Å². The van der Waals surface area contributed by atoms with Gasteiger partial charge in [0, 0.05) is 48.7 Å². The van der Waals surface area contributed by atoms with Gasteiger partial charge in [-0.25, -0.2) is 4.98 Å². The molecule has 0 radical (unpaired) electrons. The van der Waals surface area contributed by atoms with E-state index >= 15 is 0 Å². The summed E-state index contributed by atoms with van der Waals surface area (Å²) in [7, 11) is 0. The minimum atomic E-state index is -0.527. The third kappa shape index (κ3) is 6.84. The first-order chi connectivity index (χ1) is 18.0. The average molecular weight is 539 g/mol. The molecule has 0 amide bonds. The normalized spacial score (nSPS) is 15.4. The highest BCUT2D eigenvalue weighted by Gasteiger charge is 2.19. The van der Waals surface area contributed by atoms with E-state index in [0.717, 1.165) is 56.1 Å². The molecule has 4 aromatic rings. The number of thiophene rings is 1. The predicted octanol–water partition coefficient (Wildman–Crippen LogP) is 4.04. The lowest BCUT2D eigenvalue weighted by atomic mass is 10.1. The maximum atomic E-state index is 13.2. The summed E-state index contributed by atoms with van der Waals surface area (Å²) in [4.78, 5) is 26.2. The second-order valence-corrected chi connectivity index (χ2v) is 10.7. The number of aliphatic hydroxyl groups is 1. The molecule has 2 aromatic carbocycles. The summed E-state index contributed by atoms with van der Waals surface area (Å²) in [6.07, 6.45) is 0.0496. The van der Waals surface area contributed by atoms with Crippen molar-refractivity contribution < 1.29 is 9.84 Å². The number of benzene rings is 2. The van der Waals surface area contributed by atoms with Crippen molar-refractivity contribution in [3.05, 3.63) is 86.7 Å². The van der Waals surface area contributed by atoms with Gasteiger partial charge in [0.1, 0.15) is 10.7 Å². The van der Waals surface area contributed by atoms with Gasteiger partial charge in [0.05, 0.1) is 31.2 Å². The van der Waals surface area contributed by atoms with E-state index < -0.39 is 6.10 Å². The lowest BCUT2D eigenvalue weighted by molar-refractivity contribution is 0.0289. The number of morpholine rings is 1. The molecule has 1 unspecified atom stereocenters. The summed E-state index contributed by atoms with van der Waals surface area (Å²) >= 11 is 7.50. The van der Waals surface area contributed by atoms with E-state index in [9.17, 15) is 9.90 Å². The first kappa shape index (κ1) is 26.0. The van der Waals surface area contributed by atoms with E-state index in [2.05, 4.69) is 14.8 Å². The highest BCUT2D eigenvalue weighted by molar-refractivity contribution is 7.17. The van der Waals surface area contributed by atoms with Gasteiger partial charge in [-0.1, -0.05) is 54.1 Å². The van der Waals surface area contributed by atoms with Gasteiger partial charge in [0.25, 0.3) is 5.56 Å². The highest BCUT2D eigenvalue weighted by Crippen LogP contribution is 2.31. The quantitative estimate of drug-likeness (QED) is 0.317. The zero-order valence-electron chi connectivity index (χ0n) is 20.6. The van der Waals surface area contributed by atoms with Gasteiger partial charge in [-0.05, 0) is 29.7 Å². The van der Waals surface area contributed by atoms with Crippen molar-refractivity contribution in [2.24, 2.45) is 0 Å².